The van der Waals surface area contributed by atoms with Gasteiger partial charge in [-0.25, -0.2) is 29.9 Å². The summed E-state index contributed by atoms with van der Waals surface area (Å²) in [4.78, 5) is 43.2. The largest absolute Gasteiger partial charge is 0.324 e. The van der Waals surface area contributed by atoms with Crippen LogP contribution in [0.15, 0.2) is 279 Å². The van der Waals surface area contributed by atoms with Crippen LogP contribution in [0.25, 0.3) is 179 Å². The van der Waals surface area contributed by atoms with Gasteiger partial charge in [0.15, 0.2) is 23.3 Å². The number of H-pyrrole nitrogens is 2. The molecular formula is C88H66N8. The van der Waals surface area contributed by atoms with Crippen LogP contribution in [0.5, 0.6) is 0 Å². The first kappa shape index (κ1) is 57.9. The molecule has 0 radical (unpaired) electrons. The van der Waals surface area contributed by atoms with Gasteiger partial charge in [0.05, 0.1) is 0 Å². The highest BCUT2D eigenvalue weighted by Gasteiger charge is 2.33. The Balaban J connectivity index is 1.16. The smallest absolute Gasteiger partial charge is 0.164 e. The Kier molecular flexibility index (Phi) is 13.8. The molecule has 8 bridgehead atoms. The van der Waals surface area contributed by atoms with Gasteiger partial charge in [0.2, 0.25) is 0 Å². The van der Waals surface area contributed by atoms with Gasteiger partial charge in [0.1, 0.15) is 22.6 Å². The van der Waals surface area contributed by atoms with Crippen molar-refractivity contribution in [3.63, 3.8) is 0 Å². The Bertz CT molecular complexity index is 5360. The predicted molar refractivity (Wildman–Crippen MR) is 397 cm³/mol. The molecule has 0 unspecified atom stereocenters. The average molecular weight is 1240 g/mol. The van der Waals surface area contributed by atoms with Gasteiger partial charge in [-0.3, -0.25) is 0 Å². The molecule has 2 aliphatic heterocycles. The van der Waals surface area contributed by atoms with Crippen LogP contribution in [0, 0.1) is 0 Å². The van der Waals surface area contributed by atoms with Gasteiger partial charge in [0.25, 0.3) is 0 Å². The van der Waals surface area contributed by atoms with Crippen molar-refractivity contribution < 1.29 is 0 Å². The third kappa shape index (κ3) is 9.83. The number of aromatic amines is 2. The molecular weight excluding hydrogens is 1170 g/mol. The summed E-state index contributed by atoms with van der Waals surface area (Å²) in [5.41, 5.74) is 24.3. The van der Waals surface area contributed by atoms with Crippen LogP contribution < -0.4 is 0 Å². The summed E-state index contributed by atoms with van der Waals surface area (Å²) in [5, 5.41) is 3.56. The number of fused-ring (bicyclic) bond motifs is 20. The van der Waals surface area contributed by atoms with Crippen molar-refractivity contribution in [2.24, 2.45) is 0 Å². The predicted octanol–water partition coefficient (Wildman–Crippen LogP) is 22.8. The average Bonchev–Trinajstić information content (AvgIpc) is 1.45. The second kappa shape index (κ2) is 22.9. The maximum Gasteiger partial charge on any atom is 0.164 e. The van der Waals surface area contributed by atoms with Crippen molar-refractivity contribution in [3.8, 4) is 135 Å². The molecule has 12 aromatic carbocycles. The van der Waals surface area contributed by atoms with E-state index in [2.05, 4.69) is 331 Å². The SMILES string of the molecule is CC(C)(C)c1ccc2c(c1)-c1nc-2nc2[nH]c(nc3nc(nc4[nH]c(n1)c1c(-c5ccccc5)c(-c5ccccc5)c(-c5ccccc5)c(-c5ccccc5)c41)-c1ccc(C(C)(C)C)cc1-3)c1c(-c3ccccc3)c(-c3ccccc3)c(-c3ccccc3)c(-c3ccccc3)c21. The molecule has 0 fully saturated rings. The molecule has 8 nitrogen and oxygen atoms in total. The first-order valence-corrected chi connectivity index (χ1v) is 32.9. The first-order chi connectivity index (χ1) is 46.9. The molecule has 0 amide bonds. The molecule has 15 aromatic rings. The summed E-state index contributed by atoms with van der Waals surface area (Å²) in [7, 11) is 0. The molecule has 17 rings (SSSR count). The number of hydrogen-bond acceptors (Lipinski definition) is 6. The van der Waals surface area contributed by atoms with E-state index in [1.807, 2.05) is 0 Å². The highest BCUT2D eigenvalue weighted by molar-refractivity contribution is 6.28. The van der Waals surface area contributed by atoms with Crippen LogP contribution in [-0.4, -0.2) is 39.9 Å². The maximum absolute atomic E-state index is 5.95. The normalized spacial score (nSPS) is 12.1. The maximum atomic E-state index is 5.95. The molecule has 8 heteroatoms. The summed E-state index contributed by atoms with van der Waals surface area (Å²) >= 11 is 0. The standard InChI is InChI=1S/C88H66N8/c1-87(2,3)61-47-49-63-65(51-61)81-89-79(63)91-83-76-72(58-41-25-12-26-42-58)68(54-33-17-8-18-34-54)70(56-37-21-10-22-38-56)74(60-45-29-14-30-46-60)78(76)86(96-83)94-82-66-52-62(88(4,5)6)48-50-64(66)80(90-82)92-84-75-71(57-39-23-11-24-40-57)67(53-31-15-7-16-32-53)69(55-35-19-9-20-36-55)73(59-43-27-13-28-44-59)77(75)85(93-81)95-84/h7-52H,1-6H3,(H2,89,90,91,92,93,94,95,96). The molecule has 2 aliphatic rings. The van der Waals surface area contributed by atoms with E-state index in [0.717, 1.165) is 144 Å². The van der Waals surface area contributed by atoms with Crippen LogP contribution in [0.4, 0.5) is 0 Å². The lowest BCUT2D eigenvalue weighted by molar-refractivity contribution is 0.590. The van der Waals surface area contributed by atoms with E-state index in [1.54, 1.807) is 0 Å². The lowest BCUT2D eigenvalue weighted by Gasteiger charge is -2.23. The quantitative estimate of drug-likeness (QED) is 0.157. The molecule has 0 saturated carbocycles. The van der Waals surface area contributed by atoms with E-state index < -0.39 is 0 Å². The van der Waals surface area contributed by atoms with Gasteiger partial charge in [0, 0.05) is 66.1 Å². The van der Waals surface area contributed by atoms with E-state index in [1.165, 1.54) is 0 Å². The lowest BCUT2D eigenvalue weighted by Crippen LogP contribution is -2.10. The Hall–Kier alpha value is -12.0. The highest BCUT2D eigenvalue weighted by atomic mass is 15.1. The van der Waals surface area contributed by atoms with E-state index >= 15 is 0 Å². The number of benzene rings is 12. The van der Waals surface area contributed by atoms with Crippen molar-refractivity contribution in [1.82, 2.24) is 39.9 Å². The molecule has 458 valence electrons. The summed E-state index contributed by atoms with van der Waals surface area (Å²) in [6, 6.07) is 99.5. The number of nitrogens with zero attached hydrogens (tertiary/aromatic N) is 6. The number of rotatable bonds is 8. The first-order valence-electron chi connectivity index (χ1n) is 32.9. The molecule has 2 N–H and O–H groups in total. The van der Waals surface area contributed by atoms with Crippen LogP contribution in [0.3, 0.4) is 0 Å². The second-order valence-corrected chi connectivity index (χ2v) is 27.1. The van der Waals surface area contributed by atoms with Gasteiger partial charge in [-0.05, 0) is 101 Å². The van der Waals surface area contributed by atoms with E-state index in [4.69, 9.17) is 29.9 Å². The Labute approximate surface area is 557 Å². The van der Waals surface area contributed by atoms with Crippen LogP contribution in [0.2, 0.25) is 0 Å². The molecule has 0 saturated heterocycles. The summed E-state index contributed by atoms with van der Waals surface area (Å²) in [6.07, 6.45) is 0. The van der Waals surface area contributed by atoms with Crippen LogP contribution in [-0.2, 0) is 10.8 Å². The summed E-state index contributed by atoms with van der Waals surface area (Å²) in [6.45, 7) is 13.5. The Morgan fingerprint density at radius 2 is 0.406 bits per heavy atom. The van der Waals surface area contributed by atoms with Crippen molar-refractivity contribution in [2.45, 2.75) is 52.4 Å². The Morgan fingerprint density at radius 3 is 0.615 bits per heavy atom. The van der Waals surface area contributed by atoms with Gasteiger partial charge in [-0.15, -0.1) is 0 Å². The Morgan fingerprint density at radius 1 is 0.208 bits per heavy atom. The molecule has 0 atom stereocenters. The monoisotopic (exact) mass is 1230 g/mol. The molecule has 96 heavy (non-hydrogen) atoms. The molecule has 0 aliphatic carbocycles. The summed E-state index contributed by atoms with van der Waals surface area (Å²) in [5.74, 6) is 2.06. The van der Waals surface area contributed by atoms with Crippen molar-refractivity contribution in [1.29, 1.82) is 0 Å². The van der Waals surface area contributed by atoms with Gasteiger partial charge < -0.3 is 9.97 Å². The van der Waals surface area contributed by atoms with E-state index in [0.29, 0.717) is 45.9 Å². The minimum absolute atomic E-state index is 0.222. The van der Waals surface area contributed by atoms with Crippen LogP contribution in [0.1, 0.15) is 52.7 Å². The zero-order chi connectivity index (χ0) is 64.8. The third-order valence-corrected chi connectivity index (χ3v) is 18.9. The minimum Gasteiger partial charge on any atom is -0.324 e. The zero-order valence-corrected chi connectivity index (χ0v) is 54.2. The summed E-state index contributed by atoms with van der Waals surface area (Å²) < 4.78 is 0. The molecule has 5 heterocycles. The van der Waals surface area contributed by atoms with Gasteiger partial charge in [-0.1, -0.05) is 308 Å². The topological polar surface area (TPSA) is 109 Å². The van der Waals surface area contributed by atoms with E-state index in [9.17, 15) is 0 Å². The molecule has 3 aromatic heterocycles. The minimum atomic E-state index is -0.222. The van der Waals surface area contributed by atoms with Crippen LogP contribution >= 0.6 is 0 Å². The van der Waals surface area contributed by atoms with Crippen molar-refractivity contribution in [2.75, 3.05) is 0 Å². The number of nitrogens with one attached hydrogen (secondary N) is 2. The van der Waals surface area contributed by atoms with Crippen molar-refractivity contribution >= 4 is 44.1 Å². The fraction of sp³-hybridized carbons (Fsp3) is 0.0909. The fourth-order valence-electron chi connectivity index (χ4n) is 14.4. The highest BCUT2D eigenvalue weighted by Crippen LogP contribution is 2.56. The second-order valence-electron chi connectivity index (χ2n) is 27.1. The number of aromatic nitrogens is 8. The van der Waals surface area contributed by atoms with Crippen molar-refractivity contribution in [3.05, 3.63) is 290 Å². The lowest BCUT2D eigenvalue weighted by atomic mass is 9.80. The fourth-order valence-corrected chi connectivity index (χ4v) is 14.4. The van der Waals surface area contributed by atoms with E-state index in [-0.39, 0.29) is 10.8 Å². The van der Waals surface area contributed by atoms with Gasteiger partial charge >= 0.3 is 0 Å². The van der Waals surface area contributed by atoms with Gasteiger partial charge in [-0.2, -0.15) is 0 Å². The zero-order valence-electron chi connectivity index (χ0n) is 54.2. The number of hydrogen-bond donors (Lipinski definition) is 2. The third-order valence-electron chi connectivity index (χ3n) is 18.9. The molecule has 0 spiro atoms.